The molecule has 1 aromatic heterocycles. The van der Waals surface area contributed by atoms with Gasteiger partial charge in [0.25, 0.3) is 11.8 Å². The molecule has 0 spiro atoms. The van der Waals surface area contributed by atoms with Crippen LogP contribution in [0.4, 0.5) is 19.0 Å². The number of carbonyl (C=O) groups is 2. The maximum atomic E-state index is 13.3. The lowest BCUT2D eigenvalue weighted by molar-refractivity contribution is -0.135. The first-order chi connectivity index (χ1) is 19.4. The minimum atomic E-state index is -4.51. The number of ether oxygens (including phenoxy) is 3. The van der Waals surface area contributed by atoms with Gasteiger partial charge in [-0.1, -0.05) is 17.7 Å². The van der Waals surface area contributed by atoms with Crippen LogP contribution >= 0.6 is 11.6 Å². The summed E-state index contributed by atoms with van der Waals surface area (Å²) in [5.41, 5.74) is -1.29. The molecule has 41 heavy (non-hydrogen) atoms. The number of nitrogens with one attached hydrogen (secondary N) is 2. The van der Waals surface area contributed by atoms with Gasteiger partial charge in [0.2, 0.25) is 0 Å². The summed E-state index contributed by atoms with van der Waals surface area (Å²) in [4.78, 5) is 32.0. The smallest absolute Gasteiger partial charge is 0.405 e. The van der Waals surface area contributed by atoms with Gasteiger partial charge < -0.3 is 29.7 Å². The Morgan fingerprint density at radius 1 is 1.07 bits per heavy atom. The molecule has 1 aromatic carbocycles. The normalized spacial score (nSPS) is 20.5. The number of benzene rings is 1. The van der Waals surface area contributed by atoms with Crippen molar-refractivity contribution in [2.45, 2.75) is 69.4 Å². The molecule has 0 saturated carbocycles. The number of anilines is 1. The van der Waals surface area contributed by atoms with Crippen molar-refractivity contribution in [3.63, 3.8) is 0 Å². The van der Waals surface area contributed by atoms with Gasteiger partial charge in [-0.2, -0.15) is 13.2 Å². The van der Waals surface area contributed by atoms with Crippen molar-refractivity contribution in [3.05, 3.63) is 47.1 Å². The van der Waals surface area contributed by atoms with Crippen molar-refractivity contribution >= 4 is 29.2 Å². The number of halogens is 4. The van der Waals surface area contributed by atoms with E-state index in [1.807, 2.05) is 5.32 Å². The molecule has 2 amide bonds. The predicted molar refractivity (Wildman–Crippen MR) is 147 cm³/mol. The minimum Gasteiger partial charge on any atom is -0.487 e. The van der Waals surface area contributed by atoms with E-state index in [2.05, 4.69) is 15.2 Å². The zero-order chi connectivity index (χ0) is 29.8. The molecule has 3 atom stereocenters. The molecule has 2 aromatic rings. The largest absolute Gasteiger partial charge is 0.487 e. The van der Waals surface area contributed by atoms with E-state index < -0.39 is 24.2 Å². The van der Waals surface area contributed by atoms with Crippen LogP contribution in [0.15, 0.2) is 36.4 Å². The van der Waals surface area contributed by atoms with Crippen LogP contribution in [0.25, 0.3) is 0 Å². The van der Waals surface area contributed by atoms with E-state index >= 15 is 0 Å². The highest BCUT2D eigenvalue weighted by atomic mass is 35.5. The lowest BCUT2D eigenvalue weighted by atomic mass is 9.96. The molecular weight excluding hydrogens is 565 g/mol. The Labute approximate surface area is 241 Å². The highest BCUT2D eigenvalue weighted by Gasteiger charge is 2.43. The molecule has 0 aliphatic carbocycles. The fourth-order valence-electron chi connectivity index (χ4n) is 5.23. The number of alkyl halides is 3. The Bertz CT molecular complexity index is 1230. The second-order valence-corrected chi connectivity index (χ2v) is 11.1. The number of rotatable bonds is 11. The monoisotopic (exact) mass is 598 g/mol. The quantitative estimate of drug-likeness (QED) is 0.367. The Kier molecular flexibility index (Phi) is 9.53. The molecule has 9 nitrogen and oxygen atoms in total. The van der Waals surface area contributed by atoms with Crippen LogP contribution in [0, 0.1) is 0 Å². The molecule has 2 aliphatic rings. The molecule has 2 saturated heterocycles. The van der Waals surface area contributed by atoms with E-state index in [9.17, 15) is 22.8 Å². The van der Waals surface area contributed by atoms with Gasteiger partial charge in [0.15, 0.2) is 17.1 Å². The van der Waals surface area contributed by atoms with Gasteiger partial charge in [-0.05, 0) is 63.8 Å². The first-order valence-electron chi connectivity index (χ1n) is 13.4. The van der Waals surface area contributed by atoms with Gasteiger partial charge in [0, 0.05) is 36.3 Å². The summed E-state index contributed by atoms with van der Waals surface area (Å²) in [6.07, 6.45) is -1.47. The van der Waals surface area contributed by atoms with E-state index in [1.54, 1.807) is 51.3 Å². The Hall–Kier alpha value is -3.25. The number of nitrogens with zero attached hydrogens (tertiary/aromatic N) is 2. The van der Waals surface area contributed by atoms with Crippen molar-refractivity contribution in [2.75, 3.05) is 31.8 Å². The van der Waals surface area contributed by atoms with E-state index in [0.717, 1.165) is 12.8 Å². The number of pyridine rings is 1. The summed E-state index contributed by atoms with van der Waals surface area (Å²) in [7, 11) is 1.57. The number of piperidine rings is 1. The van der Waals surface area contributed by atoms with Crippen LogP contribution in [0.3, 0.4) is 0 Å². The lowest BCUT2D eigenvalue weighted by Crippen LogP contribution is -2.55. The average Bonchev–Trinajstić information content (AvgIpc) is 3.18. The van der Waals surface area contributed by atoms with Gasteiger partial charge in [-0.25, -0.2) is 4.98 Å². The van der Waals surface area contributed by atoms with Crippen LogP contribution < -0.4 is 25.0 Å². The lowest BCUT2D eigenvalue weighted by Gasteiger charge is -2.41. The predicted octanol–water partition coefficient (Wildman–Crippen LogP) is 4.53. The van der Waals surface area contributed by atoms with Gasteiger partial charge in [-0.15, -0.1) is 0 Å². The summed E-state index contributed by atoms with van der Waals surface area (Å²) in [6, 6.07) is 9.69. The molecular formula is C28H34ClF3N4O5. The molecule has 2 aliphatic heterocycles. The first-order valence-corrected chi connectivity index (χ1v) is 13.8. The molecule has 2 bridgehead atoms. The van der Waals surface area contributed by atoms with Crippen LogP contribution in [-0.4, -0.2) is 73.6 Å². The van der Waals surface area contributed by atoms with Crippen molar-refractivity contribution < 1.29 is 37.0 Å². The Morgan fingerprint density at radius 2 is 1.78 bits per heavy atom. The third kappa shape index (κ3) is 7.94. The number of amides is 2. The standard InChI is InChI=1S/C28H34ClF3N4O5/c1-27(2,41-22-10-7-17(29)13-23(22)40-12-11-39-3)26(38)34-18-14-19-8-9-20(15-18)36(19)24-6-4-5-21(35-24)25(37)33-16-28(30,31)32/h4-7,10,13,18-20H,8-9,11-12,14-16H2,1-3H3,(H,33,37)(H,34,38)/t18?,19-,20+. The third-order valence-corrected chi connectivity index (χ3v) is 7.35. The van der Waals surface area contributed by atoms with Gasteiger partial charge in [0.05, 0.1) is 6.61 Å². The van der Waals surface area contributed by atoms with Crippen molar-refractivity contribution in [3.8, 4) is 11.5 Å². The number of fused-ring (bicyclic) bond motifs is 2. The summed E-state index contributed by atoms with van der Waals surface area (Å²) < 4.78 is 54.4. The van der Waals surface area contributed by atoms with Crippen LogP contribution in [0.5, 0.6) is 11.5 Å². The summed E-state index contributed by atoms with van der Waals surface area (Å²) in [5.74, 6) is 0.159. The molecule has 1 unspecified atom stereocenters. The highest BCUT2D eigenvalue weighted by molar-refractivity contribution is 6.30. The fourth-order valence-corrected chi connectivity index (χ4v) is 5.39. The number of hydrogen-bond donors (Lipinski definition) is 2. The van der Waals surface area contributed by atoms with E-state index in [4.69, 9.17) is 25.8 Å². The maximum absolute atomic E-state index is 13.3. The molecule has 4 rings (SSSR count). The van der Waals surface area contributed by atoms with E-state index in [0.29, 0.717) is 41.8 Å². The summed E-state index contributed by atoms with van der Waals surface area (Å²) in [5, 5.41) is 5.46. The molecule has 224 valence electrons. The minimum absolute atomic E-state index is 0.0566. The summed E-state index contributed by atoms with van der Waals surface area (Å²) in [6.45, 7) is 2.60. The maximum Gasteiger partial charge on any atom is 0.405 e. The van der Waals surface area contributed by atoms with Gasteiger partial charge >= 0.3 is 6.18 Å². The average molecular weight is 599 g/mol. The fraction of sp³-hybridized carbons (Fsp3) is 0.536. The second kappa shape index (κ2) is 12.7. The number of aromatic nitrogens is 1. The first kappa shape index (κ1) is 30.7. The number of hydrogen-bond acceptors (Lipinski definition) is 7. The van der Waals surface area contributed by atoms with Gasteiger partial charge in [-0.3, -0.25) is 9.59 Å². The van der Waals surface area contributed by atoms with Crippen LogP contribution in [-0.2, 0) is 9.53 Å². The van der Waals surface area contributed by atoms with E-state index in [-0.39, 0.29) is 36.3 Å². The molecule has 0 radical (unpaired) electrons. The van der Waals surface area contributed by atoms with Crippen LogP contribution in [0.2, 0.25) is 5.02 Å². The molecule has 2 N–H and O–H groups in total. The van der Waals surface area contributed by atoms with E-state index in [1.165, 1.54) is 6.07 Å². The molecule has 3 heterocycles. The summed E-state index contributed by atoms with van der Waals surface area (Å²) >= 11 is 6.12. The van der Waals surface area contributed by atoms with Crippen LogP contribution in [0.1, 0.15) is 50.0 Å². The van der Waals surface area contributed by atoms with Crippen molar-refractivity contribution in [1.82, 2.24) is 15.6 Å². The topological polar surface area (TPSA) is 102 Å². The second-order valence-electron chi connectivity index (χ2n) is 10.7. The number of carbonyl (C=O) groups excluding carboxylic acids is 2. The SMILES string of the molecule is COCCOc1cc(Cl)ccc1OC(C)(C)C(=O)NC1C[C@H]2CC[C@@H](C1)N2c1cccc(C(=O)NCC(F)(F)F)n1. The van der Waals surface area contributed by atoms with Crippen molar-refractivity contribution in [1.29, 1.82) is 0 Å². The van der Waals surface area contributed by atoms with Crippen molar-refractivity contribution in [2.24, 2.45) is 0 Å². The number of methoxy groups -OCH3 is 1. The highest BCUT2D eigenvalue weighted by Crippen LogP contribution is 2.39. The molecule has 13 heteroatoms. The Morgan fingerprint density at radius 3 is 2.44 bits per heavy atom. The zero-order valence-corrected chi connectivity index (χ0v) is 23.8. The zero-order valence-electron chi connectivity index (χ0n) is 23.1. The third-order valence-electron chi connectivity index (χ3n) is 7.11. The Balaban J connectivity index is 1.38. The van der Waals surface area contributed by atoms with Gasteiger partial charge in [0.1, 0.15) is 24.7 Å². The molecule has 2 fully saturated rings.